The Balaban J connectivity index is 1.33. The third-order valence-electron chi connectivity index (χ3n) is 7.15. The lowest BCUT2D eigenvalue weighted by molar-refractivity contribution is -0.130. The van der Waals surface area contributed by atoms with Gasteiger partial charge in [0.2, 0.25) is 0 Å². The molecule has 8 nitrogen and oxygen atoms in total. The molecule has 0 atom stereocenters. The van der Waals surface area contributed by atoms with E-state index in [2.05, 4.69) is 44.0 Å². The van der Waals surface area contributed by atoms with Crippen LogP contribution in [0.4, 0.5) is 14.6 Å². The van der Waals surface area contributed by atoms with Crippen LogP contribution < -0.4 is 5.32 Å². The molecular weight excluding hydrogens is 464 g/mol. The van der Waals surface area contributed by atoms with Gasteiger partial charge in [-0.2, -0.15) is 5.10 Å². The van der Waals surface area contributed by atoms with Crippen LogP contribution in [0.3, 0.4) is 0 Å². The maximum Gasteiger partial charge on any atom is 0.263 e. The monoisotopic (exact) mass is 497 g/mol. The molecule has 1 N–H and O–H groups in total. The zero-order chi connectivity index (χ0) is 25.3. The van der Waals surface area contributed by atoms with Crippen molar-refractivity contribution in [3.8, 4) is 11.1 Å². The summed E-state index contributed by atoms with van der Waals surface area (Å²) in [7, 11) is 0. The normalized spacial score (nSPS) is 18.5. The number of amides is 1. The Labute approximate surface area is 209 Å². The molecule has 0 spiro atoms. The van der Waals surface area contributed by atoms with Crippen molar-refractivity contribution in [2.24, 2.45) is 5.92 Å². The molecule has 2 aliphatic rings. The minimum absolute atomic E-state index is 0.178. The molecule has 0 aromatic carbocycles. The lowest BCUT2D eigenvalue weighted by atomic mass is 9.92. The van der Waals surface area contributed by atoms with E-state index in [1.54, 1.807) is 18.5 Å². The summed E-state index contributed by atoms with van der Waals surface area (Å²) < 4.78 is 30.3. The van der Waals surface area contributed by atoms with Gasteiger partial charge in [0.05, 0.1) is 30.1 Å². The smallest absolute Gasteiger partial charge is 0.263 e. The number of carbonyl (C=O) groups excluding carboxylic acids is 1. The lowest BCUT2D eigenvalue weighted by Crippen LogP contribution is -2.49. The van der Waals surface area contributed by atoms with Crippen LogP contribution in [-0.4, -0.2) is 80.5 Å². The summed E-state index contributed by atoms with van der Waals surface area (Å²) in [6, 6.07) is 3.70. The van der Waals surface area contributed by atoms with Crippen molar-refractivity contribution in [2.45, 2.75) is 45.4 Å². The number of aromatic nitrogens is 4. The Hall–Kier alpha value is -2.98. The fourth-order valence-corrected chi connectivity index (χ4v) is 5.16. The highest BCUT2D eigenvalue weighted by Crippen LogP contribution is 2.31. The number of hydrogen-bond acceptors (Lipinski definition) is 6. The maximum atomic E-state index is 15.5. The molecule has 5 heterocycles. The van der Waals surface area contributed by atoms with Crippen molar-refractivity contribution < 1.29 is 13.6 Å². The summed E-state index contributed by atoms with van der Waals surface area (Å²) >= 11 is 0. The zero-order valence-corrected chi connectivity index (χ0v) is 20.9. The molecule has 0 bridgehead atoms. The molecular formula is C26H33F2N7O. The third-order valence-corrected chi connectivity index (χ3v) is 7.15. The van der Waals surface area contributed by atoms with Gasteiger partial charge in [-0.25, -0.2) is 13.8 Å². The summed E-state index contributed by atoms with van der Waals surface area (Å²) in [6.45, 7) is 8.47. The fourth-order valence-electron chi connectivity index (χ4n) is 5.16. The van der Waals surface area contributed by atoms with E-state index in [9.17, 15) is 9.18 Å². The van der Waals surface area contributed by atoms with Crippen LogP contribution in [0.2, 0.25) is 0 Å². The molecule has 0 unspecified atom stereocenters. The molecule has 1 amide bonds. The molecule has 36 heavy (non-hydrogen) atoms. The van der Waals surface area contributed by atoms with Gasteiger partial charge < -0.3 is 10.2 Å². The van der Waals surface area contributed by atoms with Gasteiger partial charge in [-0.05, 0) is 18.1 Å². The maximum absolute atomic E-state index is 15.5. The first-order valence-electron chi connectivity index (χ1n) is 12.7. The van der Waals surface area contributed by atoms with Crippen molar-refractivity contribution in [1.82, 2.24) is 29.5 Å². The molecule has 192 valence electrons. The van der Waals surface area contributed by atoms with Crippen molar-refractivity contribution in [3.63, 3.8) is 0 Å². The van der Waals surface area contributed by atoms with Crippen molar-refractivity contribution >= 4 is 22.6 Å². The predicted molar refractivity (Wildman–Crippen MR) is 135 cm³/mol. The van der Waals surface area contributed by atoms with E-state index < -0.39 is 11.6 Å². The van der Waals surface area contributed by atoms with Gasteiger partial charge in [-0.1, -0.05) is 13.8 Å². The molecule has 0 radical (unpaired) electrons. The number of alkyl halides is 2. The fraction of sp³-hybridized carbons (Fsp3) is 0.538. The average molecular weight is 498 g/mol. The van der Waals surface area contributed by atoms with Gasteiger partial charge in [-0.15, -0.1) is 0 Å². The van der Waals surface area contributed by atoms with Gasteiger partial charge in [-0.3, -0.25) is 19.4 Å². The number of rotatable bonds is 7. The van der Waals surface area contributed by atoms with Crippen LogP contribution in [0.5, 0.6) is 0 Å². The topological polar surface area (TPSA) is 79.2 Å². The Morgan fingerprint density at radius 1 is 1.08 bits per heavy atom. The number of carbonyl (C=O) groups is 1. The number of anilines is 1. The second-order valence-electron chi connectivity index (χ2n) is 10.3. The Morgan fingerprint density at radius 2 is 1.89 bits per heavy atom. The van der Waals surface area contributed by atoms with Gasteiger partial charge in [0.1, 0.15) is 12.5 Å². The van der Waals surface area contributed by atoms with Crippen molar-refractivity contribution in [3.05, 3.63) is 36.4 Å². The predicted octanol–water partition coefficient (Wildman–Crippen LogP) is 3.68. The van der Waals surface area contributed by atoms with Gasteiger partial charge >= 0.3 is 0 Å². The summed E-state index contributed by atoms with van der Waals surface area (Å²) in [4.78, 5) is 26.0. The first-order valence-corrected chi connectivity index (χ1v) is 12.7. The van der Waals surface area contributed by atoms with Crippen LogP contribution in [0.15, 0.2) is 30.7 Å². The van der Waals surface area contributed by atoms with Gasteiger partial charge in [0.15, 0.2) is 5.67 Å². The molecule has 5 rings (SSSR count). The SMILES string of the molecule is CC(C)CN1CCC(F)(C(=O)Nc2cc3cc(-c4cnn5c4CN(CCF)CC5)cnc3cn2)CC1. The van der Waals surface area contributed by atoms with E-state index in [1.807, 2.05) is 16.9 Å². The Morgan fingerprint density at radius 3 is 2.64 bits per heavy atom. The summed E-state index contributed by atoms with van der Waals surface area (Å²) in [5, 5.41) is 7.98. The van der Waals surface area contributed by atoms with Crippen LogP contribution >= 0.6 is 0 Å². The van der Waals surface area contributed by atoms with E-state index in [0.717, 1.165) is 41.8 Å². The van der Waals surface area contributed by atoms with Crippen LogP contribution in [0.25, 0.3) is 22.0 Å². The van der Waals surface area contributed by atoms with Crippen LogP contribution in [-0.2, 0) is 17.9 Å². The quantitative estimate of drug-likeness (QED) is 0.537. The van der Waals surface area contributed by atoms with E-state index in [0.29, 0.717) is 43.4 Å². The first-order chi connectivity index (χ1) is 17.3. The molecule has 3 aromatic heterocycles. The molecule has 10 heteroatoms. The summed E-state index contributed by atoms with van der Waals surface area (Å²) in [5.74, 6) is 0.175. The summed E-state index contributed by atoms with van der Waals surface area (Å²) in [5.41, 5.74) is 1.64. The highest BCUT2D eigenvalue weighted by Gasteiger charge is 2.41. The van der Waals surface area contributed by atoms with Gasteiger partial charge in [0.25, 0.3) is 5.91 Å². The minimum atomic E-state index is -1.90. The number of nitrogens with zero attached hydrogens (tertiary/aromatic N) is 6. The van der Waals surface area contributed by atoms with Gasteiger partial charge in [0, 0.05) is 74.8 Å². The number of fused-ring (bicyclic) bond motifs is 2. The number of hydrogen-bond donors (Lipinski definition) is 1. The number of pyridine rings is 2. The van der Waals surface area contributed by atoms with Crippen LogP contribution in [0, 0.1) is 5.92 Å². The standard InChI is InChI=1S/C26H33F2N7O/c1-18(2)16-33-6-3-26(28,4-7-33)25(36)32-24-12-19-11-20(13-29-22(19)15-30-24)21-14-31-35-10-9-34(8-5-27)17-23(21)35/h11-15,18H,3-10,16-17H2,1-2H3,(H,30,32,36). The van der Waals surface area contributed by atoms with Crippen molar-refractivity contribution in [2.75, 3.05) is 44.7 Å². The molecule has 1 saturated heterocycles. The second kappa shape index (κ2) is 10.2. The zero-order valence-electron chi connectivity index (χ0n) is 20.9. The number of halogens is 2. The average Bonchev–Trinajstić information content (AvgIpc) is 3.28. The Kier molecular flexibility index (Phi) is 6.98. The van der Waals surface area contributed by atoms with E-state index in [4.69, 9.17) is 0 Å². The summed E-state index contributed by atoms with van der Waals surface area (Å²) in [6.07, 6.45) is 5.53. The highest BCUT2D eigenvalue weighted by atomic mass is 19.1. The molecule has 1 fully saturated rings. The minimum Gasteiger partial charge on any atom is -0.308 e. The second-order valence-corrected chi connectivity index (χ2v) is 10.3. The number of likely N-dealkylation sites (tertiary alicyclic amines) is 1. The molecule has 0 saturated carbocycles. The molecule has 2 aliphatic heterocycles. The van der Waals surface area contributed by atoms with E-state index in [-0.39, 0.29) is 19.5 Å². The van der Waals surface area contributed by atoms with E-state index in [1.165, 1.54) is 0 Å². The largest absolute Gasteiger partial charge is 0.308 e. The van der Waals surface area contributed by atoms with Crippen molar-refractivity contribution in [1.29, 1.82) is 0 Å². The van der Waals surface area contributed by atoms with Crippen LogP contribution in [0.1, 0.15) is 32.4 Å². The lowest BCUT2D eigenvalue weighted by Gasteiger charge is -2.36. The number of nitrogens with one attached hydrogen (secondary N) is 1. The first kappa shape index (κ1) is 24.7. The molecule has 0 aliphatic carbocycles. The van der Waals surface area contributed by atoms with E-state index >= 15 is 4.39 Å². The highest BCUT2D eigenvalue weighted by molar-refractivity contribution is 5.98. The Bertz CT molecular complexity index is 1240. The molecule has 3 aromatic rings. The number of piperidine rings is 1. The third kappa shape index (κ3) is 5.10.